The highest BCUT2D eigenvalue weighted by molar-refractivity contribution is 6.05. The Morgan fingerprint density at radius 1 is 1.07 bits per heavy atom. The second kappa shape index (κ2) is 9.33. The average Bonchev–Trinajstić information content (AvgIpc) is 3.30. The summed E-state index contributed by atoms with van der Waals surface area (Å²) in [6.07, 6.45) is 3.20. The van der Waals surface area contributed by atoms with Crippen molar-refractivity contribution in [1.29, 1.82) is 0 Å². The van der Waals surface area contributed by atoms with Gasteiger partial charge in [-0.15, -0.1) is 0 Å². The molecule has 2 unspecified atom stereocenters. The van der Waals surface area contributed by atoms with E-state index < -0.39 is 6.10 Å². The van der Waals surface area contributed by atoms with Crippen LogP contribution in [-0.2, 0) is 9.63 Å². The fraction of sp³-hybridized carbons (Fsp3) is 0.208. The van der Waals surface area contributed by atoms with Crippen molar-refractivity contribution >= 4 is 17.3 Å². The van der Waals surface area contributed by atoms with Crippen LogP contribution in [-0.4, -0.2) is 29.3 Å². The maximum absolute atomic E-state index is 12.6. The van der Waals surface area contributed by atoms with Crippen LogP contribution in [0.2, 0.25) is 0 Å². The molecule has 152 valence electrons. The van der Waals surface area contributed by atoms with E-state index in [2.05, 4.69) is 39.8 Å². The molecule has 2 N–H and O–H groups in total. The van der Waals surface area contributed by atoms with Gasteiger partial charge in [-0.05, 0) is 41.9 Å². The van der Waals surface area contributed by atoms with E-state index in [1.165, 1.54) is 5.56 Å². The van der Waals surface area contributed by atoms with Gasteiger partial charge in [-0.1, -0.05) is 54.5 Å². The number of anilines is 1. The topological polar surface area (TPSA) is 75.6 Å². The molecule has 1 aromatic heterocycles. The van der Waals surface area contributed by atoms with Gasteiger partial charge in [0, 0.05) is 30.1 Å². The fourth-order valence-corrected chi connectivity index (χ4v) is 3.48. The van der Waals surface area contributed by atoms with Crippen LogP contribution >= 0.6 is 0 Å². The third kappa shape index (κ3) is 4.55. The third-order valence-corrected chi connectivity index (χ3v) is 5.01. The number of carbonyl (C=O) groups is 1. The Bertz CT molecular complexity index is 1000. The molecule has 0 radical (unpaired) electrons. The molecule has 0 spiro atoms. The lowest BCUT2D eigenvalue weighted by atomic mass is 9.98. The van der Waals surface area contributed by atoms with E-state index in [4.69, 9.17) is 4.84 Å². The van der Waals surface area contributed by atoms with Crippen molar-refractivity contribution in [3.63, 3.8) is 0 Å². The number of rotatable bonds is 7. The van der Waals surface area contributed by atoms with Crippen molar-refractivity contribution in [2.24, 2.45) is 5.16 Å². The van der Waals surface area contributed by atoms with Gasteiger partial charge in [0.05, 0.1) is 11.8 Å². The number of nitrogens with zero attached hydrogens (tertiary/aromatic N) is 2. The van der Waals surface area contributed by atoms with Gasteiger partial charge in [0.15, 0.2) is 0 Å². The summed E-state index contributed by atoms with van der Waals surface area (Å²) in [5.41, 5.74) is 4.67. The molecule has 6 heteroatoms. The molecule has 2 atom stereocenters. The Labute approximate surface area is 176 Å². The zero-order valence-corrected chi connectivity index (χ0v) is 16.8. The highest BCUT2D eigenvalue weighted by atomic mass is 16.6. The molecule has 0 aliphatic carbocycles. The van der Waals surface area contributed by atoms with Crippen LogP contribution in [0.25, 0.3) is 0 Å². The van der Waals surface area contributed by atoms with Gasteiger partial charge in [-0.2, -0.15) is 0 Å². The van der Waals surface area contributed by atoms with Crippen molar-refractivity contribution in [2.45, 2.75) is 25.5 Å². The summed E-state index contributed by atoms with van der Waals surface area (Å²) < 4.78 is 0. The molecule has 6 nitrogen and oxygen atoms in total. The zero-order valence-electron chi connectivity index (χ0n) is 16.8. The van der Waals surface area contributed by atoms with Crippen molar-refractivity contribution in [2.75, 3.05) is 11.9 Å². The molecule has 0 saturated carbocycles. The number of benzene rings is 2. The van der Waals surface area contributed by atoms with Gasteiger partial charge in [-0.25, -0.2) is 0 Å². The highest BCUT2D eigenvalue weighted by Gasteiger charge is 2.29. The van der Waals surface area contributed by atoms with Crippen LogP contribution in [0.5, 0.6) is 0 Å². The number of oxime groups is 1. The van der Waals surface area contributed by atoms with E-state index in [1.807, 2.05) is 54.6 Å². The van der Waals surface area contributed by atoms with E-state index in [9.17, 15) is 4.79 Å². The van der Waals surface area contributed by atoms with Crippen LogP contribution in [0.4, 0.5) is 5.69 Å². The van der Waals surface area contributed by atoms with E-state index >= 15 is 0 Å². The number of hydrogen-bond donors (Lipinski definition) is 2. The first kappa shape index (κ1) is 19.8. The largest absolute Gasteiger partial charge is 0.382 e. The summed E-state index contributed by atoms with van der Waals surface area (Å²) in [6, 6.07) is 22.1. The Morgan fingerprint density at radius 3 is 2.53 bits per heavy atom. The number of hydrogen-bond acceptors (Lipinski definition) is 5. The second-order valence-corrected chi connectivity index (χ2v) is 7.09. The van der Waals surface area contributed by atoms with E-state index in [0.29, 0.717) is 6.42 Å². The Kier molecular flexibility index (Phi) is 6.15. The van der Waals surface area contributed by atoms with Crippen LogP contribution in [0, 0.1) is 0 Å². The molecule has 1 amide bonds. The van der Waals surface area contributed by atoms with Gasteiger partial charge in [0.2, 0.25) is 6.10 Å². The van der Waals surface area contributed by atoms with Gasteiger partial charge < -0.3 is 15.5 Å². The smallest absolute Gasteiger partial charge is 0.268 e. The van der Waals surface area contributed by atoms with E-state index in [1.54, 1.807) is 12.4 Å². The normalized spacial score (nSPS) is 16.4. The molecular weight excluding hydrogens is 376 g/mol. The zero-order chi connectivity index (χ0) is 20.8. The van der Waals surface area contributed by atoms with Gasteiger partial charge in [0.1, 0.15) is 0 Å². The Balaban J connectivity index is 1.39. The quantitative estimate of drug-likeness (QED) is 0.630. The van der Waals surface area contributed by atoms with Crippen LogP contribution in [0.1, 0.15) is 36.1 Å². The summed E-state index contributed by atoms with van der Waals surface area (Å²) in [6.45, 7) is 2.95. The second-order valence-electron chi connectivity index (χ2n) is 7.09. The van der Waals surface area contributed by atoms with Gasteiger partial charge >= 0.3 is 0 Å². The third-order valence-electron chi connectivity index (χ3n) is 5.01. The summed E-state index contributed by atoms with van der Waals surface area (Å²) >= 11 is 0. The standard InChI is InChI=1S/C24H24N4O2/c1-2-26-23(17-7-4-3-5-8-17)18-10-12-20(13-11-18)27-24(29)22-15-21(28-30-22)19-9-6-14-25-16-19/h3-14,16,22-23,26H,2,15H2,1H3,(H,27,29). The SMILES string of the molecule is CCNC(c1ccccc1)c1ccc(NC(=O)C2CC(c3cccnc3)=NO2)cc1. The lowest BCUT2D eigenvalue weighted by molar-refractivity contribution is -0.125. The lowest BCUT2D eigenvalue weighted by Gasteiger charge is -2.19. The maximum atomic E-state index is 12.6. The average molecular weight is 400 g/mol. The minimum absolute atomic E-state index is 0.106. The minimum atomic E-state index is -0.640. The molecule has 3 aromatic rings. The van der Waals surface area contributed by atoms with Gasteiger partial charge in [0.25, 0.3) is 5.91 Å². The van der Waals surface area contributed by atoms with Crippen molar-refractivity contribution in [3.8, 4) is 0 Å². The lowest BCUT2D eigenvalue weighted by Crippen LogP contribution is -2.28. The summed E-state index contributed by atoms with van der Waals surface area (Å²) in [4.78, 5) is 22.0. The van der Waals surface area contributed by atoms with Crippen LogP contribution in [0.3, 0.4) is 0 Å². The highest BCUT2D eigenvalue weighted by Crippen LogP contribution is 2.24. The molecule has 1 aliphatic heterocycles. The molecular formula is C24H24N4O2. The molecule has 2 aromatic carbocycles. The Hall–Kier alpha value is -3.51. The van der Waals surface area contributed by atoms with Crippen molar-refractivity contribution in [1.82, 2.24) is 10.3 Å². The Morgan fingerprint density at radius 2 is 1.83 bits per heavy atom. The first-order valence-corrected chi connectivity index (χ1v) is 10.1. The number of carbonyl (C=O) groups excluding carboxylic acids is 1. The molecule has 0 saturated heterocycles. The fourth-order valence-electron chi connectivity index (χ4n) is 3.48. The monoisotopic (exact) mass is 400 g/mol. The molecule has 30 heavy (non-hydrogen) atoms. The van der Waals surface area contributed by atoms with E-state index in [0.717, 1.165) is 29.1 Å². The molecule has 4 rings (SSSR count). The number of nitrogens with one attached hydrogen (secondary N) is 2. The summed E-state index contributed by atoms with van der Waals surface area (Å²) in [5.74, 6) is -0.211. The maximum Gasteiger partial charge on any atom is 0.268 e. The first-order chi connectivity index (χ1) is 14.7. The molecule has 0 bridgehead atoms. The number of aromatic nitrogens is 1. The summed E-state index contributed by atoms with van der Waals surface area (Å²) in [7, 11) is 0. The molecule has 0 fully saturated rings. The number of amides is 1. The molecule has 1 aliphatic rings. The van der Waals surface area contributed by atoms with Crippen molar-refractivity contribution in [3.05, 3.63) is 95.8 Å². The predicted molar refractivity (Wildman–Crippen MR) is 117 cm³/mol. The molecule has 2 heterocycles. The number of pyridine rings is 1. The van der Waals surface area contributed by atoms with Crippen LogP contribution in [0.15, 0.2) is 84.3 Å². The minimum Gasteiger partial charge on any atom is -0.382 e. The van der Waals surface area contributed by atoms with Crippen molar-refractivity contribution < 1.29 is 9.63 Å². The van der Waals surface area contributed by atoms with E-state index in [-0.39, 0.29) is 11.9 Å². The van der Waals surface area contributed by atoms with Gasteiger partial charge in [-0.3, -0.25) is 9.78 Å². The predicted octanol–water partition coefficient (Wildman–Crippen LogP) is 3.91. The summed E-state index contributed by atoms with van der Waals surface area (Å²) in [5, 5.41) is 10.5. The first-order valence-electron chi connectivity index (χ1n) is 10.1. The van der Waals surface area contributed by atoms with Crippen LogP contribution < -0.4 is 10.6 Å².